The first kappa shape index (κ1) is 16.6. The predicted molar refractivity (Wildman–Crippen MR) is 87.7 cm³/mol. The summed E-state index contributed by atoms with van der Waals surface area (Å²) in [7, 11) is 0. The lowest BCUT2D eigenvalue weighted by molar-refractivity contribution is -0.115. The van der Waals surface area contributed by atoms with Crippen LogP contribution in [0.4, 0.5) is 9.52 Å². The normalized spacial score (nSPS) is 10.6. The zero-order chi connectivity index (χ0) is 15.8. The molecule has 0 aliphatic heterocycles. The van der Waals surface area contributed by atoms with Gasteiger partial charge in [0.1, 0.15) is 5.82 Å². The molecule has 0 bridgehead atoms. The zero-order valence-electron chi connectivity index (χ0n) is 12.6. The number of halogens is 1. The highest BCUT2D eigenvalue weighted by Gasteiger charge is 2.07. The number of hydrogen-bond acceptors (Lipinski definition) is 4. The van der Waals surface area contributed by atoms with Crippen molar-refractivity contribution in [2.24, 2.45) is 0 Å². The summed E-state index contributed by atoms with van der Waals surface area (Å²) in [4.78, 5) is 16.9. The summed E-state index contributed by atoms with van der Waals surface area (Å²) < 4.78 is 13.1. The summed E-state index contributed by atoms with van der Waals surface area (Å²) in [6.45, 7) is 3.24. The number of carbonyl (C=O) groups excluding carboxylic acids is 1. The van der Waals surface area contributed by atoms with E-state index in [4.69, 9.17) is 0 Å². The Morgan fingerprint density at radius 2 is 2.27 bits per heavy atom. The van der Waals surface area contributed by atoms with Crippen molar-refractivity contribution < 1.29 is 9.18 Å². The van der Waals surface area contributed by atoms with E-state index in [2.05, 4.69) is 22.5 Å². The van der Waals surface area contributed by atoms with Gasteiger partial charge in [-0.1, -0.05) is 25.5 Å². The Morgan fingerprint density at radius 3 is 3.05 bits per heavy atom. The highest BCUT2D eigenvalue weighted by Crippen LogP contribution is 2.21. The number of hydrogen-bond donors (Lipinski definition) is 2. The van der Waals surface area contributed by atoms with E-state index in [0.29, 0.717) is 18.1 Å². The van der Waals surface area contributed by atoms with Crippen molar-refractivity contribution in [3.63, 3.8) is 0 Å². The van der Waals surface area contributed by atoms with Crippen molar-refractivity contribution in [3.05, 3.63) is 46.7 Å². The number of carbonyl (C=O) groups is 1. The number of thiazole rings is 1. The van der Waals surface area contributed by atoms with Crippen LogP contribution in [0.2, 0.25) is 0 Å². The number of amides is 1. The minimum absolute atomic E-state index is 0.0947. The molecule has 0 saturated heterocycles. The molecule has 6 heteroatoms. The summed E-state index contributed by atoms with van der Waals surface area (Å²) in [6, 6.07) is 6.50. The second kappa shape index (κ2) is 8.60. The number of benzene rings is 1. The second-order valence-electron chi connectivity index (χ2n) is 5.02. The Hall–Kier alpha value is -1.79. The van der Waals surface area contributed by atoms with Crippen molar-refractivity contribution in [1.82, 2.24) is 10.3 Å². The molecule has 1 aromatic heterocycles. The fourth-order valence-electron chi connectivity index (χ4n) is 1.96. The second-order valence-corrected chi connectivity index (χ2v) is 6.13. The first-order valence-corrected chi connectivity index (χ1v) is 8.18. The van der Waals surface area contributed by atoms with E-state index in [-0.39, 0.29) is 11.7 Å². The quantitative estimate of drug-likeness (QED) is 0.734. The van der Waals surface area contributed by atoms with Gasteiger partial charge in [-0.05, 0) is 30.7 Å². The van der Waals surface area contributed by atoms with E-state index in [1.807, 2.05) is 6.07 Å². The van der Waals surface area contributed by atoms with Crippen LogP contribution in [0.15, 0.2) is 30.5 Å². The Kier molecular flexibility index (Phi) is 6.48. The van der Waals surface area contributed by atoms with E-state index in [9.17, 15) is 9.18 Å². The summed E-state index contributed by atoms with van der Waals surface area (Å²) in [6.07, 6.45) is 4.49. The van der Waals surface area contributed by atoms with Gasteiger partial charge < -0.3 is 10.6 Å². The topological polar surface area (TPSA) is 54.0 Å². The van der Waals surface area contributed by atoms with Crippen molar-refractivity contribution in [2.75, 3.05) is 18.4 Å². The maximum Gasteiger partial charge on any atom is 0.240 e. The smallest absolute Gasteiger partial charge is 0.240 e. The largest absolute Gasteiger partial charge is 0.308 e. The van der Waals surface area contributed by atoms with Crippen LogP contribution in [-0.4, -0.2) is 24.0 Å². The van der Waals surface area contributed by atoms with Crippen LogP contribution in [0, 0.1) is 5.82 Å². The Balaban J connectivity index is 1.82. The third-order valence-corrected chi connectivity index (χ3v) is 3.97. The third kappa shape index (κ3) is 5.54. The first-order valence-electron chi connectivity index (χ1n) is 7.37. The van der Waals surface area contributed by atoms with Crippen molar-refractivity contribution in [3.8, 4) is 0 Å². The van der Waals surface area contributed by atoms with Gasteiger partial charge in [0.05, 0.1) is 6.54 Å². The number of aromatic nitrogens is 1. The van der Waals surface area contributed by atoms with E-state index >= 15 is 0 Å². The molecule has 2 aromatic rings. The molecule has 1 aromatic carbocycles. The molecule has 118 valence electrons. The molecule has 4 nitrogen and oxygen atoms in total. The molecule has 1 heterocycles. The van der Waals surface area contributed by atoms with E-state index in [0.717, 1.165) is 29.8 Å². The molecule has 1 amide bonds. The Labute approximate surface area is 133 Å². The molecular weight excluding hydrogens is 301 g/mol. The van der Waals surface area contributed by atoms with Gasteiger partial charge in [-0.25, -0.2) is 9.37 Å². The van der Waals surface area contributed by atoms with Gasteiger partial charge in [0.25, 0.3) is 0 Å². The lowest BCUT2D eigenvalue weighted by Crippen LogP contribution is -2.28. The van der Waals surface area contributed by atoms with Crippen LogP contribution >= 0.6 is 11.3 Å². The summed E-state index contributed by atoms with van der Waals surface area (Å²) in [5, 5.41) is 6.43. The van der Waals surface area contributed by atoms with Crippen molar-refractivity contribution >= 4 is 22.4 Å². The van der Waals surface area contributed by atoms with Gasteiger partial charge in [0.15, 0.2) is 5.13 Å². The fraction of sp³-hybridized carbons (Fsp3) is 0.375. The van der Waals surface area contributed by atoms with Crippen LogP contribution in [-0.2, 0) is 11.2 Å². The van der Waals surface area contributed by atoms with Gasteiger partial charge in [0.2, 0.25) is 5.91 Å². The summed E-state index contributed by atoms with van der Waals surface area (Å²) in [5.41, 5.74) is 0.891. The van der Waals surface area contributed by atoms with Gasteiger partial charge >= 0.3 is 0 Å². The van der Waals surface area contributed by atoms with Gasteiger partial charge in [-0.2, -0.15) is 0 Å². The first-order chi connectivity index (χ1) is 10.7. The Bertz CT molecular complexity index is 615. The molecule has 0 fully saturated rings. The minimum Gasteiger partial charge on any atom is -0.308 e. The molecule has 0 unspecified atom stereocenters. The maximum atomic E-state index is 13.1. The van der Waals surface area contributed by atoms with E-state index < -0.39 is 0 Å². The molecule has 0 spiro atoms. The standard InChI is InChI=1S/C16H20FN3OS/c1-2-3-7-18-11-15(21)20-16-19-10-14(22-16)9-12-5-4-6-13(17)8-12/h4-6,8,10,18H,2-3,7,9,11H2,1H3,(H,19,20,21). The Morgan fingerprint density at radius 1 is 1.41 bits per heavy atom. The molecular formula is C16H20FN3OS. The van der Waals surface area contributed by atoms with Gasteiger partial charge in [-0.3, -0.25) is 4.79 Å². The SMILES string of the molecule is CCCCNCC(=O)Nc1ncc(Cc2cccc(F)c2)s1. The zero-order valence-corrected chi connectivity index (χ0v) is 13.4. The van der Waals surface area contributed by atoms with Gasteiger partial charge in [-0.15, -0.1) is 11.3 Å². The average Bonchev–Trinajstić information content (AvgIpc) is 2.91. The van der Waals surface area contributed by atoms with E-state index in [1.165, 1.54) is 23.5 Å². The molecule has 0 aliphatic carbocycles. The highest BCUT2D eigenvalue weighted by atomic mass is 32.1. The van der Waals surface area contributed by atoms with Crippen LogP contribution in [0.3, 0.4) is 0 Å². The van der Waals surface area contributed by atoms with Crippen LogP contribution < -0.4 is 10.6 Å². The number of anilines is 1. The number of nitrogens with one attached hydrogen (secondary N) is 2. The molecule has 2 N–H and O–H groups in total. The van der Waals surface area contributed by atoms with Gasteiger partial charge in [0, 0.05) is 17.5 Å². The average molecular weight is 321 g/mol. The van der Waals surface area contributed by atoms with Crippen LogP contribution in [0.1, 0.15) is 30.2 Å². The van der Waals surface area contributed by atoms with E-state index in [1.54, 1.807) is 12.3 Å². The third-order valence-electron chi connectivity index (χ3n) is 3.06. The maximum absolute atomic E-state index is 13.1. The highest BCUT2D eigenvalue weighted by molar-refractivity contribution is 7.15. The van der Waals surface area contributed by atoms with Crippen molar-refractivity contribution in [2.45, 2.75) is 26.2 Å². The lowest BCUT2D eigenvalue weighted by atomic mass is 10.1. The fourth-order valence-corrected chi connectivity index (χ4v) is 2.83. The molecule has 0 atom stereocenters. The van der Waals surface area contributed by atoms with Crippen molar-refractivity contribution in [1.29, 1.82) is 0 Å². The molecule has 0 radical (unpaired) electrons. The summed E-state index contributed by atoms with van der Waals surface area (Å²) in [5.74, 6) is -0.337. The molecule has 0 aliphatic rings. The number of rotatable bonds is 8. The van der Waals surface area contributed by atoms with Crippen LogP contribution in [0.25, 0.3) is 0 Å². The monoisotopic (exact) mass is 321 g/mol. The summed E-state index contributed by atoms with van der Waals surface area (Å²) >= 11 is 1.41. The lowest BCUT2D eigenvalue weighted by Gasteiger charge is -2.03. The molecule has 0 saturated carbocycles. The predicted octanol–water partition coefficient (Wildman–Crippen LogP) is 3.20. The van der Waals surface area contributed by atoms with Crippen LogP contribution in [0.5, 0.6) is 0 Å². The molecule has 22 heavy (non-hydrogen) atoms. The number of nitrogens with zero attached hydrogens (tertiary/aromatic N) is 1. The number of unbranched alkanes of at least 4 members (excludes halogenated alkanes) is 1. The molecule has 2 rings (SSSR count). The minimum atomic E-state index is -0.242.